The van der Waals surface area contributed by atoms with Crippen molar-refractivity contribution in [2.24, 2.45) is 0 Å². The van der Waals surface area contributed by atoms with Gasteiger partial charge in [-0.1, -0.05) is 77.7 Å². The van der Waals surface area contributed by atoms with Crippen molar-refractivity contribution in [3.05, 3.63) is 113 Å². The number of carbonyl (C=O) groups is 2. The summed E-state index contributed by atoms with van der Waals surface area (Å²) < 4.78 is 20.0. The number of halogens is 1. The number of benzene rings is 4. The zero-order valence-corrected chi connectivity index (χ0v) is 23.7. The Hall–Kier alpha value is -4.74. The largest absolute Gasteiger partial charge is 0.508 e. The monoisotopic (exact) mass is 599 g/mol. The van der Waals surface area contributed by atoms with Crippen molar-refractivity contribution >= 4 is 56.5 Å². The third kappa shape index (κ3) is 4.97. The van der Waals surface area contributed by atoms with Crippen LogP contribution in [0.15, 0.2) is 94.8 Å². The molecule has 0 aliphatic carbocycles. The minimum atomic E-state index is -1.15. The summed E-state index contributed by atoms with van der Waals surface area (Å²) in [6.45, 7) is 0. The molecule has 42 heavy (non-hydrogen) atoms. The van der Waals surface area contributed by atoms with Gasteiger partial charge in [0.15, 0.2) is 15.9 Å². The minimum absolute atomic E-state index is 0.0138. The summed E-state index contributed by atoms with van der Waals surface area (Å²) in [5.41, 5.74) is 1.18. The van der Waals surface area contributed by atoms with Crippen molar-refractivity contribution in [1.82, 2.24) is 10.2 Å². The highest BCUT2D eigenvalue weighted by atomic mass is 32.2. The molecule has 5 aromatic rings. The van der Waals surface area contributed by atoms with Gasteiger partial charge in [-0.15, -0.1) is 10.2 Å². The highest BCUT2D eigenvalue weighted by Crippen LogP contribution is 2.45. The van der Waals surface area contributed by atoms with E-state index in [2.05, 4.69) is 16.3 Å². The maximum absolute atomic E-state index is 14.5. The molecule has 1 unspecified atom stereocenters. The fourth-order valence-electron chi connectivity index (χ4n) is 4.93. The number of hydrogen-bond acceptors (Lipinski definition) is 9. The molecule has 0 bridgehead atoms. The van der Waals surface area contributed by atoms with E-state index in [0.29, 0.717) is 15.7 Å². The predicted molar refractivity (Wildman–Crippen MR) is 159 cm³/mol. The molecule has 1 saturated heterocycles. The van der Waals surface area contributed by atoms with E-state index in [-0.39, 0.29) is 27.8 Å². The molecule has 1 aliphatic rings. The van der Waals surface area contributed by atoms with Crippen LogP contribution in [0.3, 0.4) is 0 Å². The lowest BCUT2D eigenvalue weighted by Crippen LogP contribution is -2.29. The topological polar surface area (TPSA) is 113 Å². The van der Waals surface area contributed by atoms with Crippen LogP contribution >= 0.6 is 23.1 Å². The van der Waals surface area contributed by atoms with Crippen molar-refractivity contribution in [3.8, 4) is 11.5 Å². The SMILES string of the molecule is COc1ccc(C(O)=C2C(=O)C(=O)N(c3nnc(SCc4cccc5ccccc45)s3)C2c2cccc(O)c2)cc1F. The molecule has 6 rings (SSSR count). The molecule has 2 heterocycles. The molecule has 11 heteroatoms. The van der Waals surface area contributed by atoms with Gasteiger partial charge >= 0.3 is 5.91 Å². The lowest BCUT2D eigenvalue weighted by molar-refractivity contribution is -0.132. The number of amides is 1. The Morgan fingerprint density at radius 2 is 1.81 bits per heavy atom. The number of aliphatic hydroxyl groups excluding tert-OH is 1. The van der Waals surface area contributed by atoms with Crippen LogP contribution in [0.25, 0.3) is 16.5 Å². The number of phenols is 1. The Kier molecular flexibility index (Phi) is 7.36. The van der Waals surface area contributed by atoms with E-state index in [0.717, 1.165) is 38.6 Å². The number of methoxy groups -OCH3 is 1. The first kappa shape index (κ1) is 27.4. The van der Waals surface area contributed by atoms with E-state index >= 15 is 0 Å². The van der Waals surface area contributed by atoms with Gasteiger partial charge in [0.2, 0.25) is 5.13 Å². The van der Waals surface area contributed by atoms with Crippen molar-refractivity contribution in [3.63, 3.8) is 0 Å². The molecule has 8 nitrogen and oxygen atoms in total. The summed E-state index contributed by atoms with van der Waals surface area (Å²) in [6, 6.07) is 22.7. The van der Waals surface area contributed by atoms with E-state index in [4.69, 9.17) is 4.74 Å². The molecular formula is C31H22FN3O5S2. The van der Waals surface area contributed by atoms with Crippen molar-refractivity contribution in [1.29, 1.82) is 0 Å². The van der Waals surface area contributed by atoms with E-state index in [9.17, 15) is 24.2 Å². The minimum Gasteiger partial charge on any atom is -0.508 e. The van der Waals surface area contributed by atoms with Gasteiger partial charge in [-0.3, -0.25) is 14.5 Å². The predicted octanol–water partition coefficient (Wildman–Crippen LogP) is 6.46. The van der Waals surface area contributed by atoms with Crippen molar-refractivity contribution < 1.29 is 28.9 Å². The summed E-state index contributed by atoms with van der Waals surface area (Å²) >= 11 is 2.58. The number of carbonyl (C=O) groups excluding carboxylic acids is 2. The van der Waals surface area contributed by atoms with Gasteiger partial charge in [-0.05, 0) is 52.2 Å². The number of aromatic nitrogens is 2. The second-order valence-corrected chi connectivity index (χ2v) is 11.6. The Labute approximate surface area is 247 Å². The smallest absolute Gasteiger partial charge is 0.301 e. The number of aliphatic hydroxyl groups is 1. The molecule has 0 radical (unpaired) electrons. The van der Waals surface area contributed by atoms with Crippen LogP contribution in [0.4, 0.5) is 9.52 Å². The molecule has 1 fully saturated rings. The van der Waals surface area contributed by atoms with Crippen molar-refractivity contribution in [2.45, 2.75) is 16.1 Å². The first-order valence-electron chi connectivity index (χ1n) is 12.7. The average molecular weight is 600 g/mol. The van der Waals surface area contributed by atoms with Crippen LogP contribution in [0.1, 0.15) is 22.7 Å². The van der Waals surface area contributed by atoms with Crippen molar-refractivity contribution in [2.75, 3.05) is 12.0 Å². The zero-order chi connectivity index (χ0) is 29.4. The van der Waals surface area contributed by atoms with Gasteiger partial charge in [0, 0.05) is 11.3 Å². The standard InChI is InChI=1S/C31H22FN3O5S2/c1-40-24-13-12-19(15-23(24)32)27(37)25-26(18-8-5-10-21(36)14-18)35(29(39)28(25)38)30-33-34-31(42-30)41-16-20-9-4-7-17-6-2-3-11-22(17)20/h2-15,26,36-37H,16H2,1H3. The number of fused-ring (bicyclic) bond motifs is 1. The normalized spacial score (nSPS) is 16.3. The number of ketones is 1. The molecule has 4 aromatic carbocycles. The summed E-state index contributed by atoms with van der Waals surface area (Å²) in [4.78, 5) is 28.0. The lowest BCUT2D eigenvalue weighted by Gasteiger charge is -2.22. The molecule has 2 N–H and O–H groups in total. The maximum Gasteiger partial charge on any atom is 0.301 e. The number of aromatic hydroxyl groups is 1. The number of hydrogen-bond donors (Lipinski definition) is 2. The number of nitrogens with zero attached hydrogens (tertiary/aromatic N) is 3. The Balaban J connectivity index is 1.38. The number of anilines is 1. The van der Waals surface area contributed by atoms with E-state index in [1.165, 1.54) is 43.1 Å². The summed E-state index contributed by atoms with van der Waals surface area (Å²) in [5, 5.41) is 32.3. The lowest BCUT2D eigenvalue weighted by atomic mass is 9.95. The summed E-state index contributed by atoms with van der Waals surface area (Å²) in [7, 11) is 1.31. The van der Waals surface area contributed by atoms with Gasteiger partial charge in [-0.2, -0.15) is 0 Å². The van der Waals surface area contributed by atoms with E-state index in [1.807, 2.05) is 36.4 Å². The highest BCUT2D eigenvalue weighted by Gasteiger charge is 2.48. The Morgan fingerprint density at radius 3 is 2.60 bits per heavy atom. The van der Waals surface area contributed by atoms with E-state index in [1.54, 1.807) is 12.1 Å². The second-order valence-electron chi connectivity index (χ2n) is 9.39. The van der Waals surface area contributed by atoms with Gasteiger partial charge in [-0.25, -0.2) is 4.39 Å². The van der Waals surface area contributed by atoms with E-state index < -0.39 is 29.3 Å². The number of ether oxygens (including phenoxy) is 1. The third-order valence-corrected chi connectivity index (χ3v) is 8.99. The van der Waals surface area contributed by atoms with Crippen LogP contribution < -0.4 is 9.64 Å². The first-order chi connectivity index (χ1) is 20.4. The van der Waals surface area contributed by atoms with Crippen LogP contribution in [-0.2, 0) is 15.3 Å². The fraction of sp³-hybridized carbons (Fsp3) is 0.0968. The molecule has 1 amide bonds. The van der Waals surface area contributed by atoms with Gasteiger partial charge < -0.3 is 14.9 Å². The highest BCUT2D eigenvalue weighted by molar-refractivity contribution is 8.00. The molecule has 1 atom stereocenters. The van der Waals surface area contributed by atoms with Gasteiger partial charge in [0.1, 0.15) is 11.5 Å². The van der Waals surface area contributed by atoms with Gasteiger partial charge in [0.05, 0.1) is 18.7 Å². The number of Topliss-reactive ketones (excluding diaryl/α,β-unsaturated/α-hetero) is 1. The Bertz CT molecular complexity index is 1880. The second kappa shape index (κ2) is 11.3. The molecule has 210 valence electrons. The fourth-order valence-corrected chi connectivity index (χ4v) is 6.80. The average Bonchev–Trinajstić information content (AvgIpc) is 3.57. The Morgan fingerprint density at radius 1 is 1.02 bits per heavy atom. The zero-order valence-electron chi connectivity index (χ0n) is 22.0. The van der Waals surface area contributed by atoms with Crippen LogP contribution in [0, 0.1) is 5.82 Å². The maximum atomic E-state index is 14.5. The van der Waals surface area contributed by atoms with Crippen LogP contribution in [-0.4, -0.2) is 39.2 Å². The number of phenolic OH excluding ortho intramolecular Hbond substituents is 1. The number of thioether (sulfide) groups is 1. The molecular weight excluding hydrogens is 577 g/mol. The molecule has 1 aliphatic heterocycles. The molecule has 0 spiro atoms. The van der Waals surface area contributed by atoms with Crippen LogP contribution in [0.2, 0.25) is 0 Å². The molecule has 0 saturated carbocycles. The third-order valence-electron chi connectivity index (χ3n) is 6.89. The number of rotatable bonds is 7. The quantitative estimate of drug-likeness (QED) is 0.0721. The van der Waals surface area contributed by atoms with Gasteiger partial charge in [0.25, 0.3) is 5.78 Å². The van der Waals surface area contributed by atoms with Crippen LogP contribution in [0.5, 0.6) is 11.5 Å². The summed E-state index contributed by atoms with van der Waals surface area (Å²) in [5.74, 6) is -2.76. The summed E-state index contributed by atoms with van der Waals surface area (Å²) in [6.07, 6.45) is 0. The first-order valence-corrected chi connectivity index (χ1v) is 14.5. The molecule has 1 aromatic heterocycles.